The molecule has 0 aliphatic carbocycles. The third-order valence-electron chi connectivity index (χ3n) is 2.70. The van der Waals surface area contributed by atoms with Crippen LogP contribution >= 0.6 is 0 Å². The number of ketones is 1. The Kier molecular flexibility index (Phi) is 2.54. The third-order valence-corrected chi connectivity index (χ3v) is 2.70. The van der Waals surface area contributed by atoms with Gasteiger partial charge in [-0.2, -0.15) is 0 Å². The van der Waals surface area contributed by atoms with Crippen LogP contribution in [0.3, 0.4) is 0 Å². The number of β-lactam (4-membered cyclic amide) rings is 1. The van der Waals surface area contributed by atoms with E-state index in [2.05, 4.69) is 0 Å². The first kappa shape index (κ1) is 9.90. The first-order valence-electron chi connectivity index (χ1n) is 5.05. The van der Waals surface area contributed by atoms with E-state index >= 15 is 0 Å². The van der Waals surface area contributed by atoms with Crippen LogP contribution in [0.2, 0.25) is 0 Å². The molecular weight excluding hydrogens is 190 g/mol. The minimum atomic E-state index is -0.382. The van der Waals surface area contributed by atoms with Crippen molar-refractivity contribution in [2.45, 2.75) is 19.4 Å². The van der Waals surface area contributed by atoms with Gasteiger partial charge in [-0.05, 0) is 12.5 Å². The number of carbonyl (C=O) groups is 2. The number of benzene rings is 1. The van der Waals surface area contributed by atoms with Gasteiger partial charge in [0.1, 0.15) is 6.04 Å². The number of amides is 1. The van der Waals surface area contributed by atoms with Crippen LogP contribution in [0.15, 0.2) is 30.3 Å². The Balaban J connectivity index is 2.28. The summed E-state index contributed by atoms with van der Waals surface area (Å²) in [6.45, 7) is 2.22. The standard InChI is InChI=1S/C12H13NO2/c1-9(14)12(13-8-7-11(13)15)10-5-3-2-4-6-10/h2-6,12H,7-8H2,1H3/t12-/m1/s1. The molecule has 0 radical (unpaired) electrons. The Morgan fingerprint density at radius 1 is 1.33 bits per heavy atom. The summed E-state index contributed by atoms with van der Waals surface area (Å²) in [5, 5.41) is 0. The summed E-state index contributed by atoms with van der Waals surface area (Å²) >= 11 is 0. The average molecular weight is 203 g/mol. The fraction of sp³-hybridized carbons (Fsp3) is 0.333. The van der Waals surface area contributed by atoms with Gasteiger partial charge >= 0.3 is 0 Å². The van der Waals surface area contributed by atoms with Crippen LogP contribution in [-0.2, 0) is 9.59 Å². The molecule has 1 aliphatic heterocycles. The first-order valence-corrected chi connectivity index (χ1v) is 5.05. The van der Waals surface area contributed by atoms with E-state index in [1.165, 1.54) is 6.92 Å². The van der Waals surface area contributed by atoms with Gasteiger partial charge in [-0.15, -0.1) is 0 Å². The molecule has 0 spiro atoms. The van der Waals surface area contributed by atoms with Gasteiger partial charge in [0.05, 0.1) is 0 Å². The minimum Gasteiger partial charge on any atom is -0.328 e. The first-order chi connectivity index (χ1) is 7.20. The minimum absolute atomic E-state index is 0.0225. The zero-order valence-corrected chi connectivity index (χ0v) is 8.64. The summed E-state index contributed by atoms with van der Waals surface area (Å²) in [5.41, 5.74) is 0.901. The number of nitrogens with zero attached hydrogens (tertiary/aromatic N) is 1. The molecule has 1 atom stereocenters. The molecule has 0 unspecified atom stereocenters. The molecule has 1 fully saturated rings. The van der Waals surface area contributed by atoms with Crippen molar-refractivity contribution < 1.29 is 9.59 Å². The van der Waals surface area contributed by atoms with Gasteiger partial charge in [0, 0.05) is 13.0 Å². The van der Waals surface area contributed by atoms with E-state index in [9.17, 15) is 9.59 Å². The number of hydrogen-bond acceptors (Lipinski definition) is 2. The lowest BCUT2D eigenvalue weighted by molar-refractivity contribution is -0.147. The Bertz CT molecular complexity index is 386. The van der Waals surface area contributed by atoms with Crippen LogP contribution in [0, 0.1) is 0 Å². The van der Waals surface area contributed by atoms with Crippen molar-refractivity contribution in [1.29, 1.82) is 0 Å². The molecule has 0 saturated carbocycles. The Hall–Kier alpha value is -1.64. The number of carbonyl (C=O) groups excluding carboxylic acids is 2. The van der Waals surface area contributed by atoms with Crippen molar-refractivity contribution in [3.63, 3.8) is 0 Å². The lowest BCUT2D eigenvalue weighted by Crippen LogP contribution is -2.47. The molecular formula is C12H13NO2. The lowest BCUT2D eigenvalue weighted by atomic mass is 9.98. The molecule has 15 heavy (non-hydrogen) atoms. The van der Waals surface area contributed by atoms with E-state index < -0.39 is 0 Å². The summed E-state index contributed by atoms with van der Waals surface area (Å²) in [6.07, 6.45) is 0.566. The van der Waals surface area contributed by atoms with Gasteiger partial charge in [0.25, 0.3) is 0 Å². The zero-order valence-electron chi connectivity index (χ0n) is 8.64. The van der Waals surface area contributed by atoms with Crippen LogP contribution in [0.4, 0.5) is 0 Å². The topological polar surface area (TPSA) is 37.4 Å². The van der Waals surface area contributed by atoms with Crippen LogP contribution in [0.1, 0.15) is 24.9 Å². The van der Waals surface area contributed by atoms with Crippen molar-refractivity contribution >= 4 is 11.7 Å². The third kappa shape index (κ3) is 1.77. The molecule has 2 rings (SSSR count). The smallest absolute Gasteiger partial charge is 0.225 e. The fourth-order valence-electron chi connectivity index (χ4n) is 1.87. The SMILES string of the molecule is CC(=O)[C@H](c1ccccc1)N1CCC1=O. The van der Waals surface area contributed by atoms with Gasteiger partial charge in [0.2, 0.25) is 5.91 Å². The molecule has 3 heteroatoms. The van der Waals surface area contributed by atoms with Gasteiger partial charge in [-0.3, -0.25) is 9.59 Å². The average Bonchev–Trinajstić information content (AvgIpc) is 2.24. The van der Waals surface area contributed by atoms with E-state index in [1.54, 1.807) is 4.90 Å². The normalized spacial score (nSPS) is 17.1. The summed E-state index contributed by atoms with van der Waals surface area (Å²) in [7, 11) is 0. The second kappa shape index (κ2) is 3.85. The largest absolute Gasteiger partial charge is 0.328 e. The molecule has 1 aromatic carbocycles. The van der Waals surface area contributed by atoms with E-state index in [4.69, 9.17) is 0 Å². The summed E-state index contributed by atoms with van der Waals surface area (Å²) < 4.78 is 0. The summed E-state index contributed by atoms with van der Waals surface area (Å²) in [4.78, 5) is 24.5. The van der Waals surface area contributed by atoms with E-state index in [-0.39, 0.29) is 17.7 Å². The van der Waals surface area contributed by atoms with Crippen molar-refractivity contribution in [1.82, 2.24) is 4.90 Å². The predicted molar refractivity (Wildman–Crippen MR) is 56.2 cm³/mol. The fourth-order valence-corrected chi connectivity index (χ4v) is 1.87. The van der Waals surface area contributed by atoms with E-state index in [1.807, 2.05) is 30.3 Å². The predicted octanol–water partition coefficient (Wildman–Crippen LogP) is 1.55. The number of Topliss-reactive ketones (excluding diaryl/α,β-unsaturated/α-hetero) is 1. The highest BCUT2D eigenvalue weighted by Crippen LogP contribution is 2.27. The highest BCUT2D eigenvalue weighted by atomic mass is 16.2. The maximum atomic E-state index is 11.5. The number of likely N-dealkylation sites (tertiary alicyclic amines) is 1. The Morgan fingerprint density at radius 2 is 2.00 bits per heavy atom. The molecule has 0 bridgehead atoms. The van der Waals surface area contributed by atoms with Gasteiger partial charge in [-0.25, -0.2) is 0 Å². The lowest BCUT2D eigenvalue weighted by Gasteiger charge is -2.37. The second-order valence-corrected chi connectivity index (χ2v) is 3.76. The highest BCUT2D eigenvalue weighted by Gasteiger charge is 2.34. The molecule has 1 aromatic rings. The van der Waals surface area contributed by atoms with Gasteiger partial charge < -0.3 is 4.90 Å². The van der Waals surface area contributed by atoms with Crippen LogP contribution in [-0.4, -0.2) is 23.1 Å². The molecule has 0 N–H and O–H groups in total. The Morgan fingerprint density at radius 3 is 2.40 bits per heavy atom. The van der Waals surface area contributed by atoms with Gasteiger partial charge in [0.15, 0.2) is 5.78 Å². The number of hydrogen-bond donors (Lipinski definition) is 0. The van der Waals surface area contributed by atoms with Crippen molar-refractivity contribution in [2.75, 3.05) is 6.54 Å². The summed E-state index contributed by atoms with van der Waals surface area (Å²) in [6, 6.07) is 9.06. The van der Waals surface area contributed by atoms with Crippen LogP contribution in [0.5, 0.6) is 0 Å². The van der Waals surface area contributed by atoms with Gasteiger partial charge in [-0.1, -0.05) is 30.3 Å². The summed E-state index contributed by atoms with van der Waals surface area (Å²) in [5.74, 6) is 0.0910. The second-order valence-electron chi connectivity index (χ2n) is 3.76. The maximum Gasteiger partial charge on any atom is 0.225 e. The molecule has 3 nitrogen and oxygen atoms in total. The van der Waals surface area contributed by atoms with Crippen LogP contribution < -0.4 is 0 Å². The molecule has 1 heterocycles. The Labute approximate surface area is 88.7 Å². The number of rotatable bonds is 3. The van der Waals surface area contributed by atoms with E-state index in [0.717, 1.165) is 5.56 Å². The highest BCUT2D eigenvalue weighted by molar-refractivity contribution is 5.91. The van der Waals surface area contributed by atoms with Crippen molar-refractivity contribution in [2.24, 2.45) is 0 Å². The van der Waals surface area contributed by atoms with Crippen LogP contribution in [0.25, 0.3) is 0 Å². The molecule has 1 saturated heterocycles. The monoisotopic (exact) mass is 203 g/mol. The molecule has 78 valence electrons. The molecule has 1 aliphatic rings. The quantitative estimate of drug-likeness (QED) is 0.699. The maximum absolute atomic E-state index is 11.5. The molecule has 1 amide bonds. The van der Waals surface area contributed by atoms with E-state index in [0.29, 0.717) is 13.0 Å². The van der Waals surface area contributed by atoms with Crippen molar-refractivity contribution in [3.8, 4) is 0 Å². The van der Waals surface area contributed by atoms with Crippen molar-refractivity contribution in [3.05, 3.63) is 35.9 Å². The molecule has 0 aromatic heterocycles. The zero-order chi connectivity index (χ0) is 10.8.